The van der Waals surface area contributed by atoms with Crippen LogP contribution in [-0.2, 0) is 4.74 Å². The molecule has 4 rings (SSSR count). The van der Waals surface area contributed by atoms with Crippen molar-refractivity contribution in [2.24, 2.45) is 0 Å². The predicted molar refractivity (Wildman–Crippen MR) is 109 cm³/mol. The van der Waals surface area contributed by atoms with E-state index in [1.165, 1.54) is 24.3 Å². The Kier molecular flexibility index (Phi) is 5.03. The number of carbonyl (C=O) groups excluding carboxylic acids is 3. The fraction of sp³-hybridized carbons (Fsp3) is 0.0417. The normalized spacial score (nSPS) is 11.7. The van der Waals surface area contributed by atoms with Crippen molar-refractivity contribution in [2.75, 3.05) is 0 Å². The van der Waals surface area contributed by atoms with Gasteiger partial charge in [-0.15, -0.1) is 0 Å². The molecular weight excluding hydrogens is 366 g/mol. The van der Waals surface area contributed by atoms with Crippen molar-refractivity contribution >= 4 is 28.9 Å². The van der Waals surface area contributed by atoms with Gasteiger partial charge in [-0.2, -0.15) is 0 Å². The van der Waals surface area contributed by atoms with Crippen LogP contribution in [0.5, 0.6) is 0 Å². The van der Waals surface area contributed by atoms with Crippen LogP contribution in [0.4, 0.5) is 0 Å². The van der Waals surface area contributed by atoms with Crippen LogP contribution in [0.3, 0.4) is 0 Å². The third kappa shape index (κ3) is 3.71. The molecule has 4 aromatic rings. The van der Waals surface area contributed by atoms with Gasteiger partial charge in [-0.05, 0) is 18.2 Å². The summed E-state index contributed by atoms with van der Waals surface area (Å²) < 4.78 is 5.64. The number of carbonyl (C=O) groups is 3. The lowest BCUT2D eigenvalue weighted by molar-refractivity contribution is 0.0280. The van der Waals surface area contributed by atoms with E-state index in [9.17, 15) is 14.4 Å². The van der Waals surface area contributed by atoms with Crippen LogP contribution < -0.4 is 0 Å². The minimum atomic E-state index is -1.09. The van der Waals surface area contributed by atoms with Crippen LogP contribution in [0.25, 0.3) is 10.9 Å². The van der Waals surface area contributed by atoms with Gasteiger partial charge >= 0.3 is 5.97 Å². The Morgan fingerprint density at radius 2 is 1.55 bits per heavy atom. The van der Waals surface area contributed by atoms with E-state index in [4.69, 9.17) is 4.74 Å². The summed E-state index contributed by atoms with van der Waals surface area (Å²) in [7, 11) is 0. The number of nitrogens with one attached hydrogen (secondary N) is 1. The molecule has 142 valence electrons. The zero-order valence-electron chi connectivity index (χ0n) is 15.4. The molecule has 0 radical (unpaired) electrons. The van der Waals surface area contributed by atoms with Crippen LogP contribution in [-0.4, -0.2) is 23.0 Å². The molecule has 1 N–H and O–H groups in total. The van der Waals surface area contributed by atoms with E-state index >= 15 is 0 Å². The number of rotatable bonds is 6. The van der Waals surface area contributed by atoms with Crippen molar-refractivity contribution in [1.29, 1.82) is 0 Å². The minimum absolute atomic E-state index is 0.267. The molecule has 0 amide bonds. The molecule has 0 aliphatic carbocycles. The Balaban J connectivity index is 1.69. The highest BCUT2D eigenvalue weighted by atomic mass is 16.5. The molecular formula is C24H17NO4. The molecule has 5 heteroatoms. The predicted octanol–water partition coefficient (Wildman–Crippen LogP) is 4.76. The molecule has 1 heterocycles. The number of aromatic amines is 1. The first-order valence-corrected chi connectivity index (χ1v) is 9.09. The lowest BCUT2D eigenvalue weighted by Crippen LogP contribution is -2.20. The summed E-state index contributed by atoms with van der Waals surface area (Å²) in [5, 5.41) is 0.768. The number of esters is 1. The molecule has 0 bridgehead atoms. The highest BCUT2D eigenvalue weighted by molar-refractivity contribution is 6.11. The fourth-order valence-corrected chi connectivity index (χ4v) is 3.19. The van der Waals surface area contributed by atoms with Crippen molar-refractivity contribution in [3.05, 3.63) is 107 Å². The molecule has 0 saturated heterocycles. The Morgan fingerprint density at radius 3 is 2.28 bits per heavy atom. The summed E-state index contributed by atoms with van der Waals surface area (Å²) in [4.78, 5) is 39.9. The molecule has 0 aliphatic heterocycles. The van der Waals surface area contributed by atoms with Gasteiger partial charge in [0, 0.05) is 33.8 Å². The summed E-state index contributed by atoms with van der Waals surface area (Å²) in [5.74, 6) is -0.948. The van der Waals surface area contributed by atoms with E-state index in [1.807, 2.05) is 30.3 Å². The lowest BCUT2D eigenvalue weighted by Gasteiger charge is -2.17. The smallest absolute Gasteiger partial charge is 0.339 e. The summed E-state index contributed by atoms with van der Waals surface area (Å²) >= 11 is 0. The minimum Gasteiger partial charge on any atom is -0.445 e. The zero-order chi connectivity index (χ0) is 20.2. The molecule has 1 aromatic heterocycles. The van der Waals surface area contributed by atoms with E-state index in [-0.39, 0.29) is 11.3 Å². The van der Waals surface area contributed by atoms with E-state index in [1.54, 1.807) is 30.5 Å². The van der Waals surface area contributed by atoms with Gasteiger partial charge in [-0.3, -0.25) is 9.59 Å². The number of fused-ring (bicyclic) bond motifs is 1. The van der Waals surface area contributed by atoms with Crippen LogP contribution in [0.2, 0.25) is 0 Å². The number of para-hydroxylation sites is 1. The topological polar surface area (TPSA) is 76.2 Å². The standard InChI is InChI=1S/C24H17NO4/c26-15-16-10-12-18(13-11-16)24(28)29-23(17-6-2-1-3-7-17)22(27)20-14-25-21-9-5-4-8-19(20)21/h1-15,23,25H/t23-/m1/s1. The van der Waals surface area contributed by atoms with E-state index < -0.39 is 12.1 Å². The number of Topliss-reactive ketones (excluding diaryl/α,β-unsaturated/α-hetero) is 1. The third-order valence-electron chi connectivity index (χ3n) is 4.70. The Bertz CT molecular complexity index is 1180. The SMILES string of the molecule is O=Cc1ccc(C(=O)O[C@@H](C(=O)c2c[nH]c3ccccc23)c2ccccc2)cc1. The van der Waals surface area contributed by atoms with Gasteiger partial charge < -0.3 is 9.72 Å². The van der Waals surface area contributed by atoms with Crippen molar-refractivity contribution < 1.29 is 19.1 Å². The Labute approximate surface area is 166 Å². The van der Waals surface area contributed by atoms with Gasteiger partial charge in [-0.1, -0.05) is 60.7 Å². The number of benzene rings is 3. The van der Waals surface area contributed by atoms with Crippen molar-refractivity contribution in [3.63, 3.8) is 0 Å². The van der Waals surface area contributed by atoms with E-state index in [2.05, 4.69) is 4.98 Å². The maximum atomic E-state index is 13.3. The lowest BCUT2D eigenvalue weighted by atomic mass is 9.99. The van der Waals surface area contributed by atoms with Crippen molar-refractivity contribution in [2.45, 2.75) is 6.10 Å². The third-order valence-corrected chi connectivity index (χ3v) is 4.70. The second-order valence-electron chi connectivity index (χ2n) is 6.55. The summed E-state index contributed by atoms with van der Waals surface area (Å²) in [6, 6.07) is 22.4. The van der Waals surface area contributed by atoms with Gasteiger partial charge in [0.25, 0.3) is 0 Å². The van der Waals surface area contributed by atoms with E-state index in [0.717, 1.165) is 10.9 Å². The highest BCUT2D eigenvalue weighted by Crippen LogP contribution is 2.28. The Morgan fingerprint density at radius 1 is 0.862 bits per heavy atom. The number of ether oxygens (including phenoxy) is 1. The number of ketones is 1. The molecule has 5 nitrogen and oxygen atoms in total. The molecule has 3 aromatic carbocycles. The van der Waals surface area contributed by atoms with Crippen LogP contribution in [0, 0.1) is 0 Å². The van der Waals surface area contributed by atoms with Gasteiger partial charge in [0.05, 0.1) is 5.56 Å². The first-order valence-electron chi connectivity index (χ1n) is 9.09. The maximum Gasteiger partial charge on any atom is 0.339 e. The summed E-state index contributed by atoms with van der Waals surface area (Å²) in [6.07, 6.45) is 1.24. The maximum absolute atomic E-state index is 13.3. The molecule has 0 spiro atoms. The largest absolute Gasteiger partial charge is 0.445 e. The summed E-state index contributed by atoms with van der Waals surface area (Å²) in [6.45, 7) is 0. The van der Waals surface area contributed by atoms with Gasteiger partial charge in [0.2, 0.25) is 5.78 Å². The first-order chi connectivity index (χ1) is 14.2. The van der Waals surface area contributed by atoms with Crippen molar-refractivity contribution in [1.82, 2.24) is 4.98 Å². The monoisotopic (exact) mass is 383 g/mol. The first kappa shape index (κ1) is 18.4. The second-order valence-corrected chi connectivity index (χ2v) is 6.55. The highest BCUT2D eigenvalue weighted by Gasteiger charge is 2.28. The molecule has 0 fully saturated rings. The number of hydrogen-bond acceptors (Lipinski definition) is 4. The fourth-order valence-electron chi connectivity index (χ4n) is 3.19. The van der Waals surface area contributed by atoms with E-state index in [0.29, 0.717) is 23.0 Å². The van der Waals surface area contributed by atoms with Gasteiger partial charge in [-0.25, -0.2) is 4.79 Å². The van der Waals surface area contributed by atoms with Crippen LogP contribution in [0.1, 0.15) is 42.7 Å². The quantitative estimate of drug-likeness (QED) is 0.296. The Hall–Kier alpha value is -3.99. The average molecular weight is 383 g/mol. The number of aldehydes is 1. The molecule has 1 atom stereocenters. The second kappa shape index (κ2) is 7.94. The number of aromatic nitrogens is 1. The zero-order valence-corrected chi connectivity index (χ0v) is 15.4. The van der Waals surface area contributed by atoms with Crippen LogP contribution in [0.15, 0.2) is 85.1 Å². The number of H-pyrrole nitrogens is 1. The van der Waals surface area contributed by atoms with Gasteiger partial charge in [0.15, 0.2) is 6.10 Å². The molecule has 0 aliphatic rings. The molecule has 29 heavy (non-hydrogen) atoms. The van der Waals surface area contributed by atoms with Crippen LogP contribution >= 0.6 is 0 Å². The number of hydrogen-bond donors (Lipinski definition) is 1. The average Bonchev–Trinajstić information content (AvgIpc) is 3.22. The van der Waals surface area contributed by atoms with Gasteiger partial charge in [0.1, 0.15) is 6.29 Å². The van der Waals surface area contributed by atoms with Crippen molar-refractivity contribution in [3.8, 4) is 0 Å². The molecule has 0 saturated carbocycles. The molecule has 0 unspecified atom stereocenters. The summed E-state index contributed by atoms with van der Waals surface area (Å²) in [5.41, 5.74) is 2.59.